The molecule has 18 heavy (non-hydrogen) atoms. The fourth-order valence-electron chi connectivity index (χ4n) is 2.99. The molecule has 1 unspecified atom stereocenters. The van der Waals surface area contributed by atoms with Crippen LogP contribution in [0, 0.1) is 6.92 Å². The third-order valence-corrected chi connectivity index (χ3v) is 3.96. The van der Waals surface area contributed by atoms with Crippen LogP contribution in [0.2, 0.25) is 0 Å². The van der Waals surface area contributed by atoms with E-state index in [1.165, 1.54) is 43.4 Å². The van der Waals surface area contributed by atoms with Gasteiger partial charge in [0.15, 0.2) is 0 Å². The van der Waals surface area contributed by atoms with Crippen molar-refractivity contribution in [3.8, 4) is 0 Å². The third kappa shape index (κ3) is 3.82. The standard InChI is InChI=1S/C16H26N2/c1-14-6-4-7-15(12-14)13-18-11-3-2-8-16(18)9-5-10-17/h4,6-7,12,16H,2-3,5,8-11,13,17H2,1H3. The molecule has 2 heteroatoms. The maximum atomic E-state index is 5.65. The minimum absolute atomic E-state index is 0.753. The lowest BCUT2D eigenvalue weighted by atomic mass is 9.97. The summed E-state index contributed by atoms with van der Waals surface area (Å²) in [4.78, 5) is 2.66. The van der Waals surface area contributed by atoms with Gasteiger partial charge in [-0.1, -0.05) is 36.2 Å². The highest BCUT2D eigenvalue weighted by atomic mass is 15.2. The molecule has 1 fully saturated rings. The molecule has 0 aliphatic carbocycles. The van der Waals surface area contributed by atoms with Gasteiger partial charge >= 0.3 is 0 Å². The number of rotatable bonds is 5. The quantitative estimate of drug-likeness (QED) is 0.865. The lowest BCUT2D eigenvalue weighted by Gasteiger charge is -2.36. The minimum atomic E-state index is 0.753. The fraction of sp³-hybridized carbons (Fsp3) is 0.625. The number of benzene rings is 1. The largest absolute Gasteiger partial charge is 0.330 e. The second-order valence-corrected chi connectivity index (χ2v) is 5.54. The Hall–Kier alpha value is -0.860. The Bertz CT molecular complexity index is 362. The first-order chi connectivity index (χ1) is 8.79. The van der Waals surface area contributed by atoms with Crippen LogP contribution in [0.25, 0.3) is 0 Å². The van der Waals surface area contributed by atoms with Crippen molar-refractivity contribution < 1.29 is 0 Å². The predicted molar refractivity (Wildman–Crippen MR) is 77.5 cm³/mol. The third-order valence-electron chi connectivity index (χ3n) is 3.96. The van der Waals surface area contributed by atoms with E-state index in [-0.39, 0.29) is 0 Å². The van der Waals surface area contributed by atoms with Gasteiger partial charge < -0.3 is 5.73 Å². The monoisotopic (exact) mass is 246 g/mol. The summed E-state index contributed by atoms with van der Waals surface area (Å²) >= 11 is 0. The first-order valence-electron chi connectivity index (χ1n) is 7.29. The lowest BCUT2D eigenvalue weighted by Crippen LogP contribution is -2.39. The highest BCUT2D eigenvalue weighted by Gasteiger charge is 2.21. The summed E-state index contributed by atoms with van der Waals surface area (Å²) in [7, 11) is 0. The molecule has 1 atom stereocenters. The van der Waals surface area contributed by atoms with Gasteiger partial charge in [0.25, 0.3) is 0 Å². The van der Waals surface area contributed by atoms with Gasteiger partial charge in [0.2, 0.25) is 0 Å². The van der Waals surface area contributed by atoms with E-state index < -0.39 is 0 Å². The van der Waals surface area contributed by atoms with Gasteiger partial charge in [0.05, 0.1) is 0 Å². The molecule has 2 nitrogen and oxygen atoms in total. The molecule has 2 N–H and O–H groups in total. The number of piperidine rings is 1. The van der Waals surface area contributed by atoms with Crippen molar-refractivity contribution in [2.24, 2.45) is 5.73 Å². The Balaban J connectivity index is 1.96. The molecule has 0 amide bonds. The Kier molecular flexibility index (Phi) is 5.21. The van der Waals surface area contributed by atoms with Gasteiger partial charge in [-0.05, 0) is 51.3 Å². The SMILES string of the molecule is Cc1cccc(CN2CCCCC2CCCN)c1. The Morgan fingerprint density at radius 1 is 1.33 bits per heavy atom. The van der Waals surface area contributed by atoms with Crippen molar-refractivity contribution in [2.45, 2.75) is 51.6 Å². The molecule has 1 aliphatic rings. The summed E-state index contributed by atoms with van der Waals surface area (Å²) in [5.74, 6) is 0. The molecule has 0 radical (unpaired) electrons. The molecule has 0 aromatic heterocycles. The molecule has 1 saturated heterocycles. The van der Waals surface area contributed by atoms with Crippen molar-refractivity contribution in [3.05, 3.63) is 35.4 Å². The fourth-order valence-corrected chi connectivity index (χ4v) is 2.99. The average Bonchev–Trinajstić information content (AvgIpc) is 2.38. The summed E-state index contributed by atoms with van der Waals surface area (Å²) in [5.41, 5.74) is 8.46. The van der Waals surface area contributed by atoms with Crippen LogP contribution < -0.4 is 5.73 Å². The molecule has 0 saturated carbocycles. The molecular formula is C16H26N2. The van der Waals surface area contributed by atoms with Crippen molar-refractivity contribution in [1.82, 2.24) is 4.90 Å². The summed E-state index contributed by atoms with van der Waals surface area (Å²) in [5, 5.41) is 0. The molecule has 0 bridgehead atoms. The molecule has 2 rings (SSSR count). The number of hydrogen-bond acceptors (Lipinski definition) is 2. The Morgan fingerprint density at radius 3 is 3.00 bits per heavy atom. The van der Waals surface area contributed by atoms with Crippen molar-refractivity contribution in [1.29, 1.82) is 0 Å². The van der Waals surface area contributed by atoms with E-state index in [0.29, 0.717) is 0 Å². The van der Waals surface area contributed by atoms with E-state index in [9.17, 15) is 0 Å². The number of nitrogens with zero attached hydrogens (tertiary/aromatic N) is 1. The van der Waals surface area contributed by atoms with Crippen LogP contribution in [-0.4, -0.2) is 24.0 Å². The molecule has 1 aromatic carbocycles. The molecule has 1 heterocycles. The highest BCUT2D eigenvalue weighted by Crippen LogP contribution is 2.23. The lowest BCUT2D eigenvalue weighted by molar-refractivity contribution is 0.131. The second kappa shape index (κ2) is 6.91. The first-order valence-corrected chi connectivity index (χ1v) is 7.29. The maximum absolute atomic E-state index is 5.65. The summed E-state index contributed by atoms with van der Waals surface area (Å²) in [6.07, 6.45) is 6.52. The first kappa shape index (κ1) is 13.6. The van der Waals surface area contributed by atoms with E-state index in [0.717, 1.165) is 25.6 Å². The zero-order chi connectivity index (χ0) is 12.8. The summed E-state index contributed by atoms with van der Waals surface area (Å²) in [6.45, 7) is 5.36. The van der Waals surface area contributed by atoms with Crippen LogP contribution in [0.5, 0.6) is 0 Å². The van der Waals surface area contributed by atoms with Crippen LogP contribution in [-0.2, 0) is 6.54 Å². The second-order valence-electron chi connectivity index (χ2n) is 5.54. The minimum Gasteiger partial charge on any atom is -0.330 e. The number of aryl methyl sites for hydroxylation is 1. The van der Waals surface area contributed by atoms with E-state index in [1.54, 1.807) is 0 Å². The Morgan fingerprint density at radius 2 is 2.22 bits per heavy atom. The normalized spacial score (nSPS) is 21.1. The zero-order valence-corrected chi connectivity index (χ0v) is 11.6. The van der Waals surface area contributed by atoms with Crippen LogP contribution in [0.3, 0.4) is 0 Å². The molecule has 100 valence electrons. The van der Waals surface area contributed by atoms with Crippen LogP contribution >= 0.6 is 0 Å². The number of likely N-dealkylation sites (tertiary alicyclic amines) is 1. The smallest absolute Gasteiger partial charge is 0.0236 e. The number of hydrogen-bond donors (Lipinski definition) is 1. The molecule has 0 spiro atoms. The van der Waals surface area contributed by atoms with Crippen LogP contribution in [0.1, 0.15) is 43.2 Å². The van der Waals surface area contributed by atoms with E-state index in [1.807, 2.05) is 0 Å². The van der Waals surface area contributed by atoms with Crippen molar-refractivity contribution >= 4 is 0 Å². The van der Waals surface area contributed by atoms with Crippen molar-refractivity contribution in [3.63, 3.8) is 0 Å². The molecular weight excluding hydrogens is 220 g/mol. The number of nitrogens with two attached hydrogens (primary N) is 1. The van der Waals surface area contributed by atoms with Gasteiger partial charge in [0.1, 0.15) is 0 Å². The van der Waals surface area contributed by atoms with Crippen LogP contribution in [0.15, 0.2) is 24.3 Å². The highest BCUT2D eigenvalue weighted by molar-refractivity contribution is 5.22. The molecule has 1 aromatic rings. The van der Waals surface area contributed by atoms with E-state index >= 15 is 0 Å². The van der Waals surface area contributed by atoms with Crippen molar-refractivity contribution in [2.75, 3.05) is 13.1 Å². The van der Waals surface area contributed by atoms with Gasteiger partial charge in [-0.3, -0.25) is 4.90 Å². The van der Waals surface area contributed by atoms with E-state index in [4.69, 9.17) is 5.73 Å². The topological polar surface area (TPSA) is 29.3 Å². The summed E-state index contributed by atoms with van der Waals surface area (Å²) in [6, 6.07) is 9.66. The maximum Gasteiger partial charge on any atom is 0.0236 e. The predicted octanol–water partition coefficient (Wildman–Crippen LogP) is 3.09. The van der Waals surface area contributed by atoms with Gasteiger partial charge in [0, 0.05) is 12.6 Å². The summed E-state index contributed by atoms with van der Waals surface area (Å²) < 4.78 is 0. The molecule has 1 aliphatic heterocycles. The van der Waals surface area contributed by atoms with Crippen LogP contribution in [0.4, 0.5) is 0 Å². The van der Waals surface area contributed by atoms with Gasteiger partial charge in [-0.25, -0.2) is 0 Å². The zero-order valence-electron chi connectivity index (χ0n) is 11.6. The van der Waals surface area contributed by atoms with Gasteiger partial charge in [-0.15, -0.1) is 0 Å². The Labute approximate surface area is 111 Å². The van der Waals surface area contributed by atoms with E-state index in [2.05, 4.69) is 36.1 Å². The average molecular weight is 246 g/mol. The van der Waals surface area contributed by atoms with Gasteiger partial charge in [-0.2, -0.15) is 0 Å².